The first kappa shape index (κ1) is 9.85. The lowest BCUT2D eigenvalue weighted by Crippen LogP contribution is -2.07. The van der Waals surface area contributed by atoms with Crippen LogP contribution >= 0.6 is 34.8 Å². The number of carbonyl (C=O) groups is 1. The van der Waals surface area contributed by atoms with Crippen molar-refractivity contribution in [3.05, 3.63) is 34.9 Å². The minimum Gasteiger partial charge on any atom is -0.291 e. The Labute approximate surface area is 85.2 Å². The van der Waals surface area contributed by atoms with Crippen molar-refractivity contribution in [2.45, 2.75) is 4.84 Å². The van der Waals surface area contributed by atoms with Gasteiger partial charge in [0.1, 0.15) is 0 Å². The topological polar surface area (TPSA) is 17.1 Å². The van der Waals surface area contributed by atoms with Crippen molar-refractivity contribution in [3.63, 3.8) is 0 Å². The van der Waals surface area contributed by atoms with Crippen LogP contribution in [-0.4, -0.2) is 10.6 Å². The molecule has 0 bridgehead atoms. The second kappa shape index (κ2) is 4.13. The maximum absolute atomic E-state index is 11.2. The summed E-state index contributed by atoms with van der Waals surface area (Å²) in [5, 5.41) is 0.495. The summed E-state index contributed by atoms with van der Waals surface area (Å²) in [7, 11) is 0. The van der Waals surface area contributed by atoms with Crippen LogP contribution in [-0.2, 0) is 0 Å². The highest BCUT2D eigenvalue weighted by atomic mass is 35.5. The smallest absolute Gasteiger partial charge is 0.195 e. The molecule has 0 aliphatic heterocycles. The lowest BCUT2D eigenvalue weighted by Gasteiger charge is -2.00. The van der Waals surface area contributed by atoms with Gasteiger partial charge in [-0.1, -0.05) is 46.9 Å². The first-order valence-electron chi connectivity index (χ1n) is 3.19. The zero-order chi connectivity index (χ0) is 9.14. The third-order valence-corrected chi connectivity index (χ3v) is 1.94. The van der Waals surface area contributed by atoms with Gasteiger partial charge in [-0.15, -0.1) is 0 Å². The molecule has 0 N–H and O–H groups in total. The number of benzene rings is 1. The molecule has 0 aromatic heterocycles. The van der Waals surface area contributed by atoms with Crippen molar-refractivity contribution in [2.24, 2.45) is 0 Å². The molecule has 0 heterocycles. The zero-order valence-corrected chi connectivity index (χ0v) is 8.20. The predicted octanol–water partition coefficient (Wildman–Crippen LogP) is 3.33. The lowest BCUT2D eigenvalue weighted by molar-refractivity contribution is 0.101. The van der Waals surface area contributed by atoms with Gasteiger partial charge in [-0.3, -0.25) is 4.79 Å². The highest BCUT2D eigenvalue weighted by Crippen LogP contribution is 2.15. The molecule has 0 amide bonds. The van der Waals surface area contributed by atoms with Gasteiger partial charge >= 0.3 is 0 Å². The molecule has 0 fully saturated rings. The molecule has 0 saturated carbocycles. The molecule has 0 unspecified atom stereocenters. The maximum Gasteiger partial charge on any atom is 0.195 e. The summed E-state index contributed by atoms with van der Waals surface area (Å²) in [6.07, 6.45) is 0. The summed E-state index contributed by atoms with van der Waals surface area (Å²) in [6.45, 7) is 0. The highest BCUT2D eigenvalue weighted by molar-refractivity contribution is 6.55. The Morgan fingerprint density at radius 2 is 2.00 bits per heavy atom. The van der Waals surface area contributed by atoms with E-state index < -0.39 is 4.84 Å². The van der Waals surface area contributed by atoms with Crippen LogP contribution in [0.1, 0.15) is 10.4 Å². The van der Waals surface area contributed by atoms with Crippen LogP contribution < -0.4 is 0 Å². The minimum atomic E-state index is -1.02. The number of hydrogen-bond donors (Lipinski definition) is 0. The van der Waals surface area contributed by atoms with Gasteiger partial charge in [0.05, 0.1) is 0 Å². The lowest BCUT2D eigenvalue weighted by atomic mass is 10.1. The third-order valence-electron chi connectivity index (χ3n) is 1.31. The Bertz CT molecular complexity index is 296. The molecular formula is C8H5Cl3O. The van der Waals surface area contributed by atoms with Crippen LogP contribution in [0.25, 0.3) is 0 Å². The largest absolute Gasteiger partial charge is 0.291 e. The molecule has 1 aromatic rings. The number of rotatable bonds is 2. The van der Waals surface area contributed by atoms with Gasteiger partial charge in [-0.2, -0.15) is 0 Å². The first-order chi connectivity index (χ1) is 5.61. The molecule has 0 aliphatic carbocycles. The normalized spacial score (nSPS) is 10.3. The van der Waals surface area contributed by atoms with Crippen molar-refractivity contribution < 1.29 is 4.79 Å². The summed E-state index contributed by atoms with van der Waals surface area (Å²) in [6, 6.07) is 6.50. The van der Waals surface area contributed by atoms with Crippen LogP contribution in [0.2, 0.25) is 5.02 Å². The predicted molar refractivity (Wildman–Crippen MR) is 51.3 cm³/mol. The van der Waals surface area contributed by atoms with Gasteiger partial charge in [0.2, 0.25) is 0 Å². The van der Waals surface area contributed by atoms with Crippen molar-refractivity contribution in [2.75, 3.05) is 0 Å². The molecule has 1 aromatic carbocycles. The van der Waals surface area contributed by atoms with E-state index in [9.17, 15) is 4.79 Å². The Morgan fingerprint density at radius 3 is 2.50 bits per heavy atom. The van der Waals surface area contributed by atoms with Gasteiger partial charge < -0.3 is 0 Å². The average molecular weight is 223 g/mol. The summed E-state index contributed by atoms with van der Waals surface area (Å²) in [5.74, 6) is -0.333. The first-order valence-corrected chi connectivity index (χ1v) is 4.44. The van der Waals surface area contributed by atoms with Gasteiger partial charge in [-0.05, 0) is 12.1 Å². The summed E-state index contributed by atoms with van der Waals surface area (Å²) < 4.78 is 0. The van der Waals surface area contributed by atoms with Crippen molar-refractivity contribution in [3.8, 4) is 0 Å². The Hall–Kier alpha value is -0.240. The van der Waals surface area contributed by atoms with Crippen LogP contribution in [0.15, 0.2) is 24.3 Å². The fourth-order valence-electron chi connectivity index (χ4n) is 0.768. The molecule has 1 rings (SSSR count). The number of hydrogen-bond acceptors (Lipinski definition) is 1. The van der Waals surface area contributed by atoms with Crippen molar-refractivity contribution in [1.82, 2.24) is 0 Å². The van der Waals surface area contributed by atoms with E-state index in [4.69, 9.17) is 34.8 Å². The van der Waals surface area contributed by atoms with Crippen LogP contribution in [0.5, 0.6) is 0 Å². The van der Waals surface area contributed by atoms with Gasteiger partial charge in [0.25, 0.3) is 0 Å². The number of carbonyl (C=O) groups excluding carboxylic acids is 1. The third kappa shape index (κ3) is 2.37. The second-order valence-electron chi connectivity index (χ2n) is 2.18. The van der Waals surface area contributed by atoms with E-state index in [1.165, 1.54) is 6.07 Å². The molecule has 12 heavy (non-hydrogen) atoms. The van der Waals surface area contributed by atoms with Gasteiger partial charge in [0.15, 0.2) is 10.6 Å². The molecule has 1 nitrogen and oxygen atoms in total. The second-order valence-corrected chi connectivity index (χ2v) is 3.71. The molecule has 64 valence electrons. The van der Waals surface area contributed by atoms with E-state index in [1.54, 1.807) is 18.2 Å². The Balaban J connectivity index is 2.96. The Kier molecular flexibility index (Phi) is 3.39. The summed E-state index contributed by atoms with van der Waals surface area (Å²) in [5.41, 5.74) is 0.428. The van der Waals surface area contributed by atoms with Gasteiger partial charge in [0, 0.05) is 10.6 Å². The minimum absolute atomic E-state index is 0.333. The SMILES string of the molecule is O=C(c1cccc(Cl)c1)C(Cl)Cl. The molecule has 0 spiro atoms. The zero-order valence-electron chi connectivity index (χ0n) is 5.93. The van der Waals surface area contributed by atoms with E-state index in [0.29, 0.717) is 10.6 Å². The quantitative estimate of drug-likeness (QED) is 0.555. The van der Waals surface area contributed by atoms with Crippen molar-refractivity contribution in [1.29, 1.82) is 0 Å². The standard InChI is InChI=1S/C8H5Cl3O/c9-6-3-1-2-5(4-6)7(12)8(10)11/h1-4,8H. The molecule has 4 heteroatoms. The van der Waals surface area contributed by atoms with E-state index in [0.717, 1.165) is 0 Å². The monoisotopic (exact) mass is 222 g/mol. The molecule has 0 aliphatic rings. The van der Waals surface area contributed by atoms with Crippen LogP contribution in [0, 0.1) is 0 Å². The van der Waals surface area contributed by atoms with Gasteiger partial charge in [-0.25, -0.2) is 0 Å². The van der Waals surface area contributed by atoms with E-state index in [-0.39, 0.29) is 5.78 Å². The summed E-state index contributed by atoms with van der Waals surface area (Å²) >= 11 is 16.4. The van der Waals surface area contributed by atoms with E-state index in [1.807, 2.05) is 0 Å². The fraction of sp³-hybridized carbons (Fsp3) is 0.125. The number of Topliss-reactive ketones (excluding diaryl/α,β-unsaturated/α-hetero) is 1. The molecule has 0 atom stereocenters. The average Bonchev–Trinajstić information content (AvgIpc) is 2.03. The van der Waals surface area contributed by atoms with Crippen LogP contribution in [0.4, 0.5) is 0 Å². The molecule has 0 radical (unpaired) electrons. The van der Waals surface area contributed by atoms with Crippen LogP contribution in [0.3, 0.4) is 0 Å². The van der Waals surface area contributed by atoms with E-state index in [2.05, 4.69) is 0 Å². The Morgan fingerprint density at radius 1 is 1.33 bits per heavy atom. The highest BCUT2D eigenvalue weighted by Gasteiger charge is 2.13. The molecule has 0 saturated heterocycles. The summed E-state index contributed by atoms with van der Waals surface area (Å²) in [4.78, 5) is 10.1. The fourth-order valence-corrected chi connectivity index (χ4v) is 1.21. The number of halogens is 3. The van der Waals surface area contributed by atoms with Crippen molar-refractivity contribution >= 4 is 40.6 Å². The maximum atomic E-state index is 11.2. The number of alkyl halides is 2. The number of ketones is 1. The van der Waals surface area contributed by atoms with E-state index >= 15 is 0 Å². The molecular weight excluding hydrogens is 218 g/mol.